The van der Waals surface area contributed by atoms with Crippen molar-refractivity contribution in [3.05, 3.63) is 77.4 Å². The summed E-state index contributed by atoms with van der Waals surface area (Å²) >= 11 is 0. The molecule has 0 fully saturated rings. The number of hydroxylamine groups is 1. The molecule has 0 aromatic heterocycles. The third-order valence-electron chi connectivity index (χ3n) is 2.89. The average molecular weight is 309 g/mol. The molecular weight excluding hydrogens is 294 g/mol. The molecule has 2 aromatic rings. The van der Waals surface area contributed by atoms with Gasteiger partial charge in [0.05, 0.1) is 6.21 Å². The maximum atomic E-state index is 11.9. The highest BCUT2D eigenvalue weighted by atomic mass is 16.5. The van der Waals surface area contributed by atoms with Crippen LogP contribution in [0.4, 0.5) is 0 Å². The Labute approximate surface area is 133 Å². The third-order valence-corrected chi connectivity index (χ3v) is 2.89. The van der Waals surface area contributed by atoms with E-state index in [1.165, 1.54) is 17.6 Å². The Balaban J connectivity index is 1.94. The molecule has 0 aliphatic heterocycles. The highest BCUT2D eigenvalue weighted by Crippen LogP contribution is 2.06. The van der Waals surface area contributed by atoms with E-state index < -0.39 is 5.91 Å². The normalized spacial score (nSPS) is 10.8. The minimum absolute atomic E-state index is 0.333. The molecule has 0 heterocycles. The number of hydrazone groups is 1. The summed E-state index contributed by atoms with van der Waals surface area (Å²) in [6, 6.07) is 16.0. The number of carbonyl (C=O) groups is 2. The first-order valence-electron chi connectivity index (χ1n) is 6.80. The SMILES string of the molecule is O=C(C=Cc1ccc(C(=O)NN=Cc2ccccc2)cc1)NO. The van der Waals surface area contributed by atoms with Crippen molar-refractivity contribution in [2.24, 2.45) is 5.10 Å². The molecular formula is C17H15N3O3. The van der Waals surface area contributed by atoms with Crippen molar-refractivity contribution in [2.75, 3.05) is 0 Å². The molecule has 116 valence electrons. The number of hydrogen-bond donors (Lipinski definition) is 3. The van der Waals surface area contributed by atoms with Gasteiger partial charge in [-0.1, -0.05) is 42.5 Å². The van der Waals surface area contributed by atoms with Crippen molar-refractivity contribution >= 4 is 24.1 Å². The van der Waals surface area contributed by atoms with E-state index in [1.807, 2.05) is 30.3 Å². The van der Waals surface area contributed by atoms with E-state index in [-0.39, 0.29) is 5.91 Å². The second-order valence-corrected chi connectivity index (χ2v) is 4.54. The van der Waals surface area contributed by atoms with Gasteiger partial charge < -0.3 is 0 Å². The molecule has 0 saturated heterocycles. The minimum Gasteiger partial charge on any atom is -0.288 e. The van der Waals surface area contributed by atoms with E-state index in [4.69, 9.17) is 5.21 Å². The number of carbonyl (C=O) groups excluding carboxylic acids is 2. The summed E-state index contributed by atoms with van der Waals surface area (Å²) < 4.78 is 0. The Bertz CT molecular complexity index is 723. The van der Waals surface area contributed by atoms with Crippen LogP contribution < -0.4 is 10.9 Å². The Morgan fingerprint density at radius 3 is 2.30 bits per heavy atom. The number of benzene rings is 2. The van der Waals surface area contributed by atoms with E-state index in [0.717, 1.165) is 11.1 Å². The van der Waals surface area contributed by atoms with Gasteiger partial charge in [0.25, 0.3) is 11.8 Å². The fraction of sp³-hybridized carbons (Fsp3) is 0. The van der Waals surface area contributed by atoms with Gasteiger partial charge in [-0.2, -0.15) is 5.10 Å². The second-order valence-electron chi connectivity index (χ2n) is 4.54. The Morgan fingerprint density at radius 2 is 1.65 bits per heavy atom. The van der Waals surface area contributed by atoms with Crippen LogP contribution in [-0.2, 0) is 4.79 Å². The van der Waals surface area contributed by atoms with Crippen LogP contribution in [0.2, 0.25) is 0 Å². The van der Waals surface area contributed by atoms with Crippen LogP contribution in [0, 0.1) is 0 Å². The van der Waals surface area contributed by atoms with Crippen molar-refractivity contribution in [3.8, 4) is 0 Å². The largest absolute Gasteiger partial charge is 0.288 e. The maximum absolute atomic E-state index is 11.9. The van der Waals surface area contributed by atoms with Crippen LogP contribution in [0.15, 0.2) is 65.8 Å². The van der Waals surface area contributed by atoms with Gasteiger partial charge in [-0.25, -0.2) is 10.9 Å². The smallest absolute Gasteiger partial charge is 0.271 e. The van der Waals surface area contributed by atoms with Gasteiger partial charge >= 0.3 is 0 Å². The first-order chi connectivity index (χ1) is 11.2. The van der Waals surface area contributed by atoms with E-state index >= 15 is 0 Å². The first-order valence-corrected chi connectivity index (χ1v) is 6.80. The lowest BCUT2D eigenvalue weighted by molar-refractivity contribution is -0.124. The molecule has 6 nitrogen and oxygen atoms in total. The fourth-order valence-corrected chi connectivity index (χ4v) is 1.72. The number of amides is 2. The summed E-state index contributed by atoms with van der Waals surface area (Å²) in [5.41, 5.74) is 5.99. The van der Waals surface area contributed by atoms with Crippen molar-refractivity contribution in [3.63, 3.8) is 0 Å². The van der Waals surface area contributed by atoms with Crippen molar-refractivity contribution in [1.29, 1.82) is 0 Å². The lowest BCUT2D eigenvalue weighted by Crippen LogP contribution is -2.17. The molecule has 0 spiro atoms. The third kappa shape index (κ3) is 5.22. The topological polar surface area (TPSA) is 90.8 Å². The van der Waals surface area contributed by atoms with Crippen LogP contribution in [0.25, 0.3) is 6.08 Å². The average Bonchev–Trinajstić information content (AvgIpc) is 2.61. The van der Waals surface area contributed by atoms with Gasteiger partial charge in [0.15, 0.2) is 0 Å². The Hall–Kier alpha value is -3.25. The van der Waals surface area contributed by atoms with Gasteiger partial charge in [-0.05, 0) is 29.3 Å². The zero-order chi connectivity index (χ0) is 16.5. The maximum Gasteiger partial charge on any atom is 0.271 e. The lowest BCUT2D eigenvalue weighted by Gasteiger charge is -2.00. The van der Waals surface area contributed by atoms with Gasteiger partial charge in [0.2, 0.25) is 0 Å². The Kier molecular flexibility index (Phi) is 5.79. The summed E-state index contributed by atoms with van der Waals surface area (Å²) in [5, 5.41) is 12.3. The van der Waals surface area contributed by atoms with Crippen LogP contribution >= 0.6 is 0 Å². The molecule has 2 rings (SSSR count). The van der Waals surface area contributed by atoms with Gasteiger partial charge in [0, 0.05) is 11.6 Å². The predicted molar refractivity (Wildman–Crippen MR) is 86.9 cm³/mol. The van der Waals surface area contributed by atoms with Crippen molar-refractivity contribution < 1.29 is 14.8 Å². The van der Waals surface area contributed by atoms with Gasteiger partial charge in [-0.3, -0.25) is 14.8 Å². The van der Waals surface area contributed by atoms with Crippen LogP contribution in [0.5, 0.6) is 0 Å². The van der Waals surface area contributed by atoms with Gasteiger partial charge in [0.1, 0.15) is 0 Å². The molecule has 0 unspecified atom stereocenters. The molecule has 0 saturated carbocycles. The summed E-state index contributed by atoms with van der Waals surface area (Å²) in [5.74, 6) is -0.956. The standard InChI is InChI=1S/C17H15N3O3/c21-16(20-23)11-8-13-6-9-15(10-7-13)17(22)19-18-12-14-4-2-1-3-5-14/h1-12,23H,(H,19,22)(H,20,21). The van der Waals surface area contributed by atoms with Crippen LogP contribution in [0.1, 0.15) is 21.5 Å². The number of nitrogens with zero attached hydrogens (tertiary/aromatic N) is 1. The first kappa shape index (κ1) is 16.1. The number of nitrogens with one attached hydrogen (secondary N) is 2. The highest BCUT2D eigenvalue weighted by Gasteiger charge is 2.03. The molecule has 3 N–H and O–H groups in total. The molecule has 6 heteroatoms. The summed E-state index contributed by atoms with van der Waals surface area (Å²) in [7, 11) is 0. The second kappa shape index (κ2) is 8.26. The van der Waals surface area contributed by atoms with E-state index in [9.17, 15) is 9.59 Å². The predicted octanol–water partition coefficient (Wildman–Crippen LogP) is 1.97. The fourth-order valence-electron chi connectivity index (χ4n) is 1.72. The lowest BCUT2D eigenvalue weighted by atomic mass is 10.1. The molecule has 2 amide bonds. The molecule has 2 aromatic carbocycles. The van der Waals surface area contributed by atoms with Crippen LogP contribution in [0.3, 0.4) is 0 Å². The molecule has 0 bridgehead atoms. The molecule has 23 heavy (non-hydrogen) atoms. The monoisotopic (exact) mass is 309 g/mol. The molecule has 0 aliphatic rings. The molecule has 0 aliphatic carbocycles. The van der Waals surface area contributed by atoms with E-state index in [2.05, 4.69) is 10.5 Å². The number of hydrogen-bond acceptors (Lipinski definition) is 4. The molecule has 0 atom stereocenters. The molecule has 0 radical (unpaired) electrons. The summed E-state index contributed by atoms with van der Waals surface area (Å²) in [4.78, 5) is 22.8. The minimum atomic E-state index is -0.623. The number of rotatable bonds is 5. The summed E-state index contributed by atoms with van der Waals surface area (Å²) in [6.45, 7) is 0. The zero-order valence-electron chi connectivity index (χ0n) is 12.1. The van der Waals surface area contributed by atoms with E-state index in [0.29, 0.717) is 5.56 Å². The van der Waals surface area contributed by atoms with Crippen LogP contribution in [-0.4, -0.2) is 23.2 Å². The Morgan fingerprint density at radius 1 is 0.957 bits per heavy atom. The van der Waals surface area contributed by atoms with Crippen molar-refractivity contribution in [2.45, 2.75) is 0 Å². The van der Waals surface area contributed by atoms with Gasteiger partial charge in [-0.15, -0.1) is 0 Å². The van der Waals surface area contributed by atoms with E-state index in [1.54, 1.807) is 30.5 Å². The highest BCUT2D eigenvalue weighted by molar-refractivity contribution is 5.95. The quantitative estimate of drug-likeness (QED) is 0.341. The summed E-state index contributed by atoms with van der Waals surface area (Å²) in [6.07, 6.45) is 4.25. The van der Waals surface area contributed by atoms with Crippen molar-refractivity contribution in [1.82, 2.24) is 10.9 Å². The zero-order valence-corrected chi connectivity index (χ0v) is 12.1.